The van der Waals surface area contributed by atoms with Crippen LogP contribution < -0.4 is 0 Å². The summed E-state index contributed by atoms with van der Waals surface area (Å²) in [5, 5.41) is 0. The van der Waals surface area contributed by atoms with E-state index in [2.05, 4.69) is 4.90 Å². The number of esters is 1. The van der Waals surface area contributed by atoms with Crippen molar-refractivity contribution in [3.63, 3.8) is 0 Å². The molecule has 2 atom stereocenters. The highest BCUT2D eigenvalue weighted by molar-refractivity contribution is 5.72. The normalized spacial score (nSPS) is 28.6. The third-order valence-electron chi connectivity index (χ3n) is 5.34. The van der Waals surface area contributed by atoms with Crippen molar-refractivity contribution in [1.82, 2.24) is 9.80 Å². The van der Waals surface area contributed by atoms with Gasteiger partial charge < -0.3 is 14.4 Å². The number of amides is 1. The van der Waals surface area contributed by atoms with E-state index in [1.165, 1.54) is 0 Å². The number of fused-ring (bicyclic) bond motifs is 2. The molecular formula is C18H30N2O4. The van der Waals surface area contributed by atoms with E-state index in [4.69, 9.17) is 9.47 Å². The first-order valence-corrected chi connectivity index (χ1v) is 9.11. The topological polar surface area (TPSA) is 59.1 Å². The quantitative estimate of drug-likeness (QED) is 0.740. The Kier molecular flexibility index (Phi) is 4.53. The van der Waals surface area contributed by atoms with Gasteiger partial charge in [-0.2, -0.15) is 0 Å². The van der Waals surface area contributed by atoms with Gasteiger partial charge in [0, 0.05) is 25.2 Å². The number of nitrogens with zero attached hydrogens (tertiary/aromatic N) is 2. The first-order chi connectivity index (χ1) is 11.2. The summed E-state index contributed by atoms with van der Waals surface area (Å²) in [7, 11) is 0. The molecule has 2 unspecified atom stereocenters. The van der Waals surface area contributed by atoms with E-state index in [-0.39, 0.29) is 17.5 Å². The molecule has 0 saturated carbocycles. The number of carbonyl (C=O) groups excluding carboxylic acids is 2. The molecule has 1 amide bonds. The lowest BCUT2D eigenvalue weighted by Gasteiger charge is -2.56. The van der Waals surface area contributed by atoms with Crippen LogP contribution in [0.4, 0.5) is 4.79 Å². The van der Waals surface area contributed by atoms with Crippen LogP contribution in [0.5, 0.6) is 0 Å². The van der Waals surface area contributed by atoms with Crippen LogP contribution in [0.2, 0.25) is 0 Å². The standard InChI is InChI=1S/C18H30N2O4/c1-5-23-15(21)10-19-11-18(12-19)8-13-6-7-14(9-18)20(13)16(22)24-17(2,3)4/h13-14H,5-12H2,1-4H3. The van der Waals surface area contributed by atoms with E-state index in [9.17, 15) is 9.59 Å². The van der Waals surface area contributed by atoms with E-state index in [1.54, 1.807) is 0 Å². The third-order valence-corrected chi connectivity index (χ3v) is 5.34. The highest BCUT2D eigenvalue weighted by atomic mass is 16.6. The molecule has 6 nitrogen and oxygen atoms in total. The summed E-state index contributed by atoms with van der Waals surface area (Å²) >= 11 is 0. The van der Waals surface area contributed by atoms with Gasteiger partial charge in [-0.15, -0.1) is 0 Å². The van der Waals surface area contributed by atoms with Gasteiger partial charge in [-0.3, -0.25) is 9.69 Å². The monoisotopic (exact) mass is 338 g/mol. The number of carbonyl (C=O) groups is 2. The zero-order valence-electron chi connectivity index (χ0n) is 15.3. The molecule has 3 saturated heterocycles. The van der Waals surface area contributed by atoms with Crippen LogP contribution in [0.1, 0.15) is 53.4 Å². The summed E-state index contributed by atoms with van der Waals surface area (Å²) in [5.41, 5.74) is -0.171. The summed E-state index contributed by atoms with van der Waals surface area (Å²) in [6, 6.07) is 0.590. The van der Waals surface area contributed by atoms with Crippen LogP contribution in [-0.4, -0.2) is 65.8 Å². The minimum atomic E-state index is -0.446. The lowest BCUT2D eigenvalue weighted by atomic mass is 9.69. The van der Waals surface area contributed by atoms with Crippen molar-refractivity contribution in [3.05, 3.63) is 0 Å². The van der Waals surface area contributed by atoms with E-state index in [0.29, 0.717) is 25.2 Å². The Hall–Kier alpha value is -1.30. The van der Waals surface area contributed by atoms with Crippen LogP contribution in [0, 0.1) is 5.41 Å². The minimum Gasteiger partial charge on any atom is -0.465 e. The van der Waals surface area contributed by atoms with Crippen molar-refractivity contribution in [2.75, 3.05) is 26.2 Å². The number of hydrogen-bond donors (Lipinski definition) is 0. The maximum atomic E-state index is 12.5. The molecule has 3 aliphatic rings. The van der Waals surface area contributed by atoms with Gasteiger partial charge in [-0.25, -0.2) is 4.79 Å². The molecule has 0 N–H and O–H groups in total. The molecular weight excluding hydrogens is 308 g/mol. The highest BCUT2D eigenvalue weighted by Crippen LogP contribution is 2.50. The fourth-order valence-corrected chi connectivity index (χ4v) is 4.72. The van der Waals surface area contributed by atoms with Gasteiger partial charge >= 0.3 is 12.1 Å². The van der Waals surface area contributed by atoms with Crippen molar-refractivity contribution in [3.8, 4) is 0 Å². The van der Waals surface area contributed by atoms with Gasteiger partial charge in [0.05, 0.1) is 13.2 Å². The Morgan fingerprint density at radius 1 is 1.12 bits per heavy atom. The summed E-state index contributed by atoms with van der Waals surface area (Å²) in [6.07, 6.45) is 4.05. The first-order valence-electron chi connectivity index (χ1n) is 9.11. The Morgan fingerprint density at radius 3 is 2.21 bits per heavy atom. The van der Waals surface area contributed by atoms with Gasteiger partial charge in [0.25, 0.3) is 0 Å². The lowest BCUT2D eigenvalue weighted by molar-refractivity contribution is -0.149. The predicted octanol–water partition coefficient (Wildman–Crippen LogP) is 2.41. The fourth-order valence-electron chi connectivity index (χ4n) is 4.72. The maximum Gasteiger partial charge on any atom is 0.410 e. The molecule has 3 heterocycles. The van der Waals surface area contributed by atoms with Crippen LogP contribution in [0.15, 0.2) is 0 Å². The second kappa shape index (κ2) is 6.21. The first kappa shape index (κ1) is 17.5. The molecule has 3 fully saturated rings. The van der Waals surface area contributed by atoms with Crippen molar-refractivity contribution in [1.29, 1.82) is 0 Å². The second-order valence-electron chi connectivity index (χ2n) is 8.63. The zero-order valence-corrected chi connectivity index (χ0v) is 15.3. The second-order valence-corrected chi connectivity index (χ2v) is 8.63. The van der Waals surface area contributed by atoms with E-state index in [1.807, 2.05) is 32.6 Å². The summed E-state index contributed by atoms with van der Waals surface area (Å²) < 4.78 is 10.6. The van der Waals surface area contributed by atoms with Crippen LogP contribution >= 0.6 is 0 Å². The molecule has 0 aromatic heterocycles. The number of ether oxygens (including phenoxy) is 2. The molecule has 0 radical (unpaired) electrons. The van der Waals surface area contributed by atoms with Gasteiger partial charge in [-0.1, -0.05) is 0 Å². The van der Waals surface area contributed by atoms with Crippen LogP contribution in [-0.2, 0) is 14.3 Å². The summed E-state index contributed by atoms with van der Waals surface area (Å²) in [6.45, 7) is 10.3. The Bertz CT molecular complexity index is 492. The average molecular weight is 338 g/mol. The number of rotatable bonds is 3. The zero-order chi connectivity index (χ0) is 17.5. The largest absolute Gasteiger partial charge is 0.465 e. The lowest BCUT2D eigenvalue weighted by Crippen LogP contribution is -2.64. The minimum absolute atomic E-state index is 0.137. The molecule has 6 heteroatoms. The average Bonchev–Trinajstić information content (AvgIpc) is 2.68. The van der Waals surface area contributed by atoms with E-state index >= 15 is 0 Å². The van der Waals surface area contributed by atoms with Gasteiger partial charge in [0.15, 0.2) is 0 Å². The molecule has 3 aliphatic heterocycles. The fraction of sp³-hybridized carbons (Fsp3) is 0.889. The summed E-state index contributed by atoms with van der Waals surface area (Å²) in [4.78, 5) is 28.3. The van der Waals surface area contributed by atoms with E-state index < -0.39 is 5.60 Å². The maximum absolute atomic E-state index is 12.5. The third kappa shape index (κ3) is 3.53. The SMILES string of the molecule is CCOC(=O)CN1CC2(CC3CCC(C2)N3C(=O)OC(C)(C)C)C1. The molecule has 24 heavy (non-hydrogen) atoms. The van der Waals surface area contributed by atoms with Crippen molar-refractivity contribution < 1.29 is 19.1 Å². The molecule has 3 rings (SSSR count). The molecule has 0 aromatic carbocycles. The number of likely N-dealkylation sites (tertiary alicyclic amines) is 1. The molecule has 0 aromatic rings. The van der Waals surface area contributed by atoms with Crippen molar-refractivity contribution in [2.45, 2.75) is 71.1 Å². The Labute approximate surface area is 144 Å². The van der Waals surface area contributed by atoms with Gasteiger partial charge in [0.2, 0.25) is 0 Å². The van der Waals surface area contributed by atoms with Crippen LogP contribution in [0.25, 0.3) is 0 Å². The smallest absolute Gasteiger partial charge is 0.410 e. The summed E-state index contributed by atoms with van der Waals surface area (Å²) in [5.74, 6) is -0.137. The Balaban J connectivity index is 1.55. The molecule has 1 spiro atoms. The van der Waals surface area contributed by atoms with Gasteiger partial charge in [0.1, 0.15) is 5.60 Å². The van der Waals surface area contributed by atoms with E-state index in [0.717, 1.165) is 38.8 Å². The molecule has 2 bridgehead atoms. The van der Waals surface area contributed by atoms with Crippen LogP contribution in [0.3, 0.4) is 0 Å². The van der Waals surface area contributed by atoms with Crippen molar-refractivity contribution in [2.24, 2.45) is 5.41 Å². The van der Waals surface area contributed by atoms with Crippen molar-refractivity contribution >= 4 is 12.1 Å². The molecule has 0 aliphatic carbocycles. The number of hydrogen-bond acceptors (Lipinski definition) is 5. The predicted molar refractivity (Wildman–Crippen MR) is 89.6 cm³/mol. The van der Waals surface area contributed by atoms with Gasteiger partial charge in [-0.05, 0) is 58.8 Å². The highest BCUT2D eigenvalue weighted by Gasteiger charge is 2.55. The number of piperidine rings is 1. The molecule has 136 valence electrons. The Morgan fingerprint density at radius 2 is 1.71 bits per heavy atom.